The summed E-state index contributed by atoms with van der Waals surface area (Å²) < 4.78 is 0. The van der Waals surface area contributed by atoms with Crippen molar-refractivity contribution >= 4 is 22.5 Å². The monoisotopic (exact) mass is 259 g/mol. The summed E-state index contributed by atoms with van der Waals surface area (Å²) in [5.74, 6) is 1.23. The summed E-state index contributed by atoms with van der Waals surface area (Å²) in [6.45, 7) is 3.22. The van der Waals surface area contributed by atoms with Crippen LogP contribution in [0.1, 0.15) is 18.9 Å². The zero-order valence-corrected chi connectivity index (χ0v) is 12.0. The molecule has 0 spiro atoms. The fourth-order valence-corrected chi connectivity index (χ4v) is 2.72. The first kappa shape index (κ1) is 13.4. The van der Waals surface area contributed by atoms with Gasteiger partial charge in [0.2, 0.25) is 0 Å². The zero-order valence-electron chi connectivity index (χ0n) is 11.1. The van der Waals surface area contributed by atoms with Crippen molar-refractivity contribution in [2.24, 2.45) is 0 Å². The molecule has 2 heteroatoms. The van der Waals surface area contributed by atoms with Crippen LogP contribution in [0.2, 0.25) is 0 Å². The van der Waals surface area contributed by atoms with E-state index in [9.17, 15) is 0 Å². The summed E-state index contributed by atoms with van der Waals surface area (Å²) in [5, 5.41) is 6.31. The first-order valence-electron chi connectivity index (χ1n) is 6.50. The van der Waals surface area contributed by atoms with E-state index in [4.69, 9.17) is 0 Å². The van der Waals surface area contributed by atoms with Crippen LogP contribution >= 0.6 is 11.8 Å². The molecule has 0 aliphatic carbocycles. The van der Waals surface area contributed by atoms with Crippen LogP contribution in [0.25, 0.3) is 10.8 Å². The van der Waals surface area contributed by atoms with Crippen LogP contribution in [-0.2, 0) is 6.54 Å². The Hall–Kier alpha value is -0.990. The first-order chi connectivity index (χ1) is 8.81. The Morgan fingerprint density at radius 2 is 1.89 bits per heavy atom. The highest BCUT2D eigenvalue weighted by atomic mass is 32.2. The number of thioether (sulfide) groups is 1. The van der Waals surface area contributed by atoms with E-state index in [1.165, 1.54) is 28.5 Å². The Bertz CT molecular complexity index is 490. The third-order valence-electron chi connectivity index (χ3n) is 3.28. The van der Waals surface area contributed by atoms with Gasteiger partial charge in [0, 0.05) is 12.6 Å². The Kier molecular flexibility index (Phi) is 5.09. The van der Waals surface area contributed by atoms with Crippen LogP contribution in [0.15, 0.2) is 42.5 Å². The minimum Gasteiger partial charge on any atom is -0.310 e. The average Bonchev–Trinajstić information content (AvgIpc) is 2.42. The van der Waals surface area contributed by atoms with Crippen LogP contribution in [0.3, 0.4) is 0 Å². The lowest BCUT2D eigenvalue weighted by molar-refractivity contribution is 0.539. The summed E-state index contributed by atoms with van der Waals surface area (Å²) in [6.07, 6.45) is 3.39. The molecule has 2 aromatic rings. The summed E-state index contributed by atoms with van der Waals surface area (Å²) >= 11 is 1.91. The quantitative estimate of drug-likeness (QED) is 0.839. The normalized spacial score (nSPS) is 12.8. The molecule has 1 unspecified atom stereocenters. The number of rotatable bonds is 6. The van der Waals surface area contributed by atoms with E-state index in [2.05, 4.69) is 61.0 Å². The third-order valence-corrected chi connectivity index (χ3v) is 3.92. The molecule has 2 aromatic carbocycles. The second-order valence-electron chi connectivity index (χ2n) is 4.70. The summed E-state index contributed by atoms with van der Waals surface area (Å²) in [5.41, 5.74) is 1.39. The minimum absolute atomic E-state index is 0.580. The van der Waals surface area contributed by atoms with E-state index >= 15 is 0 Å². The Morgan fingerprint density at radius 1 is 1.11 bits per heavy atom. The average molecular weight is 259 g/mol. The van der Waals surface area contributed by atoms with E-state index < -0.39 is 0 Å². The van der Waals surface area contributed by atoms with Gasteiger partial charge in [0.05, 0.1) is 0 Å². The lowest BCUT2D eigenvalue weighted by Crippen LogP contribution is -2.26. The largest absolute Gasteiger partial charge is 0.310 e. The van der Waals surface area contributed by atoms with E-state index in [0.29, 0.717) is 6.04 Å². The van der Waals surface area contributed by atoms with Gasteiger partial charge < -0.3 is 5.32 Å². The molecule has 2 rings (SSSR count). The molecule has 0 aliphatic heterocycles. The molecule has 96 valence electrons. The molecule has 0 heterocycles. The Labute approximate surface area is 114 Å². The standard InChI is InChI=1S/C16H21NS/c1-13(10-11-18-2)17-12-15-8-5-7-14-6-3-4-9-16(14)15/h3-9,13,17H,10-12H2,1-2H3. The predicted octanol–water partition coefficient (Wildman–Crippen LogP) is 4.07. The lowest BCUT2D eigenvalue weighted by Gasteiger charge is -2.14. The highest BCUT2D eigenvalue weighted by molar-refractivity contribution is 7.98. The van der Waals surface area contributed by atoms with Gasteiger partial charge in [-0.15, -0.1) is 0 Å². The van der Waals surface area contributed by atoms with Crippen LogP contribution < -0.4 is 5.32 Å². The van der Waals surface area contributed by atoms with Gasteiger partial charge in [0.1, 0.15) is 0 Å². The third kappa shape index (κ3) is 3.50. The van der Waals surface area contributed by atoms with Crippen molar-refractivity contribution in [3.63, 3.8) is 0 Å². The van der Waals surface area contributed by atoms with Gasteiger partial charge in [-0.25, -0.2) is 0 Å². The maximum atomic E-state index is 3.61. The second kappa shape index (κ2) is 6.81. The summed E-state index contributed by atoms with van der Waals surface area (Å²) in [7, 11) is 0. The Morgan fingerprint density at radius 3 is 2.72 bits per heavy atom. The second-order valence-corrected chi connectivity index (χ2v) is 5.69. The number of fused-ring (bicyclic) bond motifs is 1. The molecule has 1 N–H and O–H groups in total. The molecule has 1 nitrogen and oxygen atoms in total. The van der Waals surface area contributed by atoms with Crippen LogP contribution in [-0.4, -0.2) is 18.1 Å². The molecule has 0 amide bonds. The van der Waals surface area contributed by atoms with Crippen molar-refractivity contribution < 1.29 is 0 Å². The van der Waals surface area contributed by atoms with Gasteiger partial charge in [-0.05, 0) is 41.7 Å². The lowest BCUT2D eigenvalue weighted by atomic mass is 10.0. The highest BCUT2D eigenvalue weighted by Crippen LogP contribution is 2.18. The SMILES string of the molecule is CSCCC(C)NCc1cccc2ccccc12. The molecule has 0 radical (unpaired) electrons. The van der Waals surface area contributed by atoms with Gasteiger partial charge in [-0.1, -0.05) is 42.5 Å². The van der Waals surface area contributed by atoms with Crippen LogP contribution in [0, 0.1) is 0 Å². The van der Waals surface area contributed by atoms with E-state index in [1.807, 2.05) is 11.8 Å². The number of nitrogens with one attached hydrogen (secondary N) is 1. The van der Waals surface area contributed by atoms with Crippen molar-refractivity contribution in [2.75, 3.05) is 12.0 Å². The molecular weight excluding hydrogens is 238 g/mol. The molecule has 1 atom stereocenters. The number of hydrogen-bond acceptors (Lipinski definition) is 2. The first-order valence-corrected chi connectivity index (χ1v) is 7.89. The van der Waals surface area contributed by atoms with Gasteiger partial charge >= 0.3 is 0 Å². The smallest absolute Gasteiger partial charge is 0.0214 e. The van der Waals surface area contributed by atoms with Crippen molar-refractivity contribution in [1.29, 1.82) is 0 Å². The zero-order chi connectivity index (χ0) is 12.8. The van der Waals surface area contributed by atoms with Crippen molar-refractivity contribution in [1.82, 2.24) is 5.32 Å². The molecule has 0 aromatic heterocycles. The van der Waals surface area contributed by atoms with Crippen LogP contribution in [0.5, 0.6) is 0 Å². The Balaban J connectivity index is 2.03. The maximum absolute atomic E-state index is 3.61. The van der Waals surface area contributed by atoms with Gasteiger partial charge in [-0.3, -0.25) is 0 Å². The molecule has 0 saturated carbocycles. The van der Waals surface area contributed by atoms with Gasteiger partial charge in [-0.2, -0.15) is 11.8 Å². The minimum atomic E-state index is 0.580. The van der Waals surface area contributed by atoms with Crippen molar-refractivity contribution in [3.05, 3.63) is 48.0 Å². The van der Waals surface area contributed by atoms with Crippen LogP contribution in [0.4, 0.5) is 0 Å². The summed E-state index contributed by atoms with van der Waals surface area (Å²) in [6, 6.07) is 15.7. The maximum Gasteiger partial charge on any atom is 0.0214 e. The topological polar surface area (TPSA) is 12.0 Å². The molecule has 0 saturated heterocycles. The fraction of sp³-hybridized carbons (Fsp3) is 0.375. The van der Waals surface area contributed by atoms with E-state index in [-0.39, 0.29) is 0 Å². The molecule has 18 heavy (non-hydrogen) atoms. The number of benzene rings is 2. The van der Waals surface area contributed by atoms with E-state index in [0.717, 1.165) is 6.54 Å². The number of hydrogen-bond donors (Lipinski definition) is 1. The fourth-order valence-electron chi connectivity index (χ4n) is 2.13. The van der Waals surface area contributed by atoms with E-state index in [1.54, 1.807) is 0 Å². The summed E-state index contributed by atoms with van der Waals surface area (Å²) in [4.78, 5) is 0. The molecular formula is C16H21NS. The molecule has 0 fully saturated rings. The highest BCUT2D eigenvalue weighted by Gasteiger charge is 2.03. The van der Waals surface area contributed by atoms with Crippen molar-refractivity contribution in [2.45, 2.75) is 25.9 Å². The molecule has 0 bridgehead atoms. The van der Waals surface area contributed by atoms with Gasteiger partial charge in [0.25, 0.3) is 0 Å². The van der Waals surface area contributed by atoms with Gasteiger partial charge in [0.15, 0.2) is 0 Å². The van der Waals surface area contributed by atoms with Crippen molar-refractivity contribution in [3.8, 4) is 0 Å². The molecule has 0 aliphatic rings. The predicted molar refractivity (Wildman–Crippen MR) is 83.2 cm³/mol.